The minimum absolute atomic E-state index is 0.242. The van der Waals surface area contributed by atoms with Crippen molar-refractivity contribution in [3.8, 4) is 5.69 Å². The van der Waals surface area contributed by atoms with Gasteiger partial charge in [0.2, 0.25) is 0 Å². The molecule has 6 heteroatoms. The Morgan fingerprint density at radius 1 is 0.510 bits per heavy atom. The van der Waals surface area contributed by atoms with Gasteiger partial charge >= 0.3 is 0 Å². The number of hydrogen-bond donors (Lipinski definition) is 2. The van der Waals surface area contributed by atoms with Crippen molar-refractivity contribution in [1.82, 2.24) is 15.2 Å². The van der Waals surface area contributed by atoms with Crippen molar-refractivity contribution in [1.29, 1.82) is 0 Å². The maximum Gasteiger partial charge on any atom is 0.159 e. The van der Waals surface area contributed by atoms with E-state index in [4.69, 9.17) is 13.8 Å². The van der Waals surface area contributed by atoms with Gasteiger partial charge in [0.1, 0.15) is 34.9 Å². The molecule has 51 heavy (non-hydrogen) atoms. The van der Waals surface area contributed by atoms with E-state index >= 15 is 0 Å². The zero-order valence-corrected chi connectivity index (χ0v) is 27.4. The lowest BCUT2D eigenvalue weighted by Gasteiger charge is -2.32. The first-order chi connectivity index (χ1) is 25.3. The Bertz CT molecular complexity index is 2940. The second-order valence-electron chi connectivity index (χ2n) is 13.2. The molecule has 1 aliphatic rings. The lowest BCUT2D eigenvalue weighted by molar-refractivity contribution is 0.408. The zero-order valence-electron chi connectivity index (χ0n) is 27.4. The van der Waals surface area contributed by atoms with Crippen molar-refractivity contribution in [3.05, 3.63) is 174 Å². The number of aromatic nitrogens is 1. The van der Waals surface area contributed by atoms with Crippen LogP contribution in [0.4, 0.5) is 0 Å². The third kappa shape index (κ3) is 4.24. The fourth-order valence-electron chi connectivity index (χ4n) is 8.00. The van der Waals surface area contributed by atoms with Crippen LogP contribution in [0, 0.1) is 0 Å². The maximum atomic E-state index is 6.99. The maximum absolute atomic E-state index is 6.99. The number of rotatable bonds is 4. The molecule has 0 saturated heterocycles. The predicted molar refractivity (Wildman–Crippen MR) is 207 cm³/mol. The molecule has 2 unspecified atom stereocenters. The van der Waals surface area contributed by atoms with Gasteiger partial charge in [0.25, 0.3) is 0 Å². The van der Waals surface area contributed by atoms with E-state index in [1.807, 2.05) is 24.3 Å². The quantitative estimate of drug-likeness (QED) is 0.197. The predicted octanol–water partition coefficient (Wildman–Crippen LogP) is 10.9. The Morgan fingerprint density at radius 2 is 1.16 bits per heavy atom. The van der Waals surface area contributed by atoms with Crippen LogP contribution in [0.3, 0.4) is 0 Å². The van der Waals surface area contributed by atoms with E-state index in [0.29, 0.717) is 0 Å². The molecule has 0 saturated carbocycles. The molecule has 10 aromatic rings. The van der Waals surface area contributed by atoms with Gasteiger partial charge in [-0.05, 0) is 35.9 Å². The Balaban J connectivity index is 1.10. The van der Waals surface area contributed by atoms with Crippen LogP contribution in [0.25, 0.3) is 71.4 Å². The highest BCUT2D eigenvalue weighted by Crippen LogP contribution is 2.43. The number of amidine groups is 1. The standard InChI is InChI=1S/C45H30N4O2/c1-3-13-27(14-4-1)43-46-44(28-15-5-2-6-16-28)48-45(47-43)34-21-11-20-33-39-38(50-40(33)34)26-25-32-31-19-12-24-37(41(31)51-42(32)39)49-35-22-9-7-17-29(35)30-18-8-10-23-36(30)49/h1-26,43,45,47H,(H,46,48). The molecule has 242 valence electrons. The van der Waals surface area contributed by atoms with E-state index < -0.39 is 0 Å². The summed E-state index contributed by atoms with van der Waals surface area (Å²) in [4.78, 5) is 5.10. The van der Waals surface area contributed by atoms with Crippen molar-refractivity contribution in [3.63, 3.8) is 0 Å². The lowest BCUT2D eigenvalue weighted by Crippen LogP contribution is -2.45. The summed E-state index contributed by atoms with van der Waals surface area (Å²) in [6.07, 6.45) is -0.506. The highest BCUT2D eigenvalue weighted by atomic mass is 16.3. The molecule has 6 nitrogen and oxygen atoms in total. The summed E-state index contributed by atoms with van der Waals surface area (Å²) in [6.45, 7) is 0. The largest absolute Gasteiger partial charge is 0.455 e. The van der Waals surface area contributed by atoms with E-state index in [-0.39, 0.29) is 12.3 Å². The molecule has 0 aliphatic carbocycles. The second kappa shape index (κ2) is 10.9. The first kappa shape index (κ1) is 28.2. The molecule has 7 aromatic carbocycles. The molecule has 11 rings (SSSR count). The second-order valence-corrected chi connectivity index (χ2v) is 13.2. The van der Waals surface area contributed by atoms with Crippen LogP contribution in [-0.4, -0.2) is 10.4 Å². The molecular weight excluding hydrogens is 629 g/mol. The third-order valence-corrected chi connectivity index (χ3v) is 10.3. The molecular formula is C45H30N4O2. The smallest absolute Gasteiger partial charge is 0.159 e. The number of hydrogen-bond acceptors (Lipinski definition) is 5. The number of aliphatic imine (C=N–C) groups is 1. The van der Waals surface area contributed by atoms with Gasteiger partial charge in [0.15, 0.2) is 5.58 Å². The number of furan rings is 2. The number of para-hydroxylation sites is 4. The van der Waals surface area contributed by atoms with Crippen molar-refractivity contribution < 1.29 is 8.83 Å². The number of nitrogens with zero attached hydrogens (tertiary/aromatic N) is 2. The highest BCUT2D eigenvalue weighted by molar-refractivity contribution is 6.23. The van der Waals surface area contributed by atoms with Crippen molar-refractivity contribution in [2.75, 3.05) is 0 Å². The van der Waals surface area contributed by atoms with Gasteiger partial charge < -0.3 is 18.7 Å². The molecule has 2 N–H and O–H groups in total. The average Bonchev–Trinajstić information content (AvgIpc) is 3.88. The van der Waals surface area contributed by atoms with Crippen LogP contribution in [-0.2, 0) is 0 Å². The van der Waals surface area contributed by atoms with E-state index in [0.717, 1.165) is 83.1 Å². The summed E-state index contributed by atoms with van der Waals surface area (Å²) in [5.74, 6) is 0.832. The Morgan fingerprint density at radius 3 is 1.94 bits per heavy atom. The van der Waals surface area contributed by atoms with Crippen LogP contribution in [0.5, 0.6) is 0 Å². The minimum atomic E-state index is -0.264. The average molecular weight is 659 g/mol. The summed E-state index contributed by atoms with van der Waals surface area (Å²) in [7, 11) is 0. The Labute approximate surface area is 292 Å². The summed E-state index contributed by atoms with van der Waals surface area (Å²) in [6, 6.07) is 54.8. The van der Waals surface area contributed by atoms with Gasteiger partial charge in [-0.15, -0.1) is 0 Å². The van der Waals surface area contributed by atoms with Crippen LogP contribution < -0.4 is 10.6 Å². The molecule has 0 radical (unpaired) electrons. The molecule has 0 fully saturated rings. The first-order valence-electron chi connectivity index (χ1n) is 17.3. The van der Waals surface area contributed by atoms with Gasteiger partial charge in [0.05, 0.1) is 22.1 Å². The van der Waals surface area contributed by atoms with Gasteiger partial charge in [0, 0.05) is 38.1 Å². The van der Waals surface area contributed by atoms with E-state index in [1.165, 1.54) is 10.8 Å². The highest BCUT2D eigenvalue weighted by Gasteiger charge is 2.29. The van der Waals surface area contributed by atoms with Gasteiger partial charge in [-0.1, -0.05) is 127 Å². The Kier molecular flexibility index (Phi) is 6.05. The van der Waals surface area contributed by atoms with Gasteiger partial charge in [-0.2, -0.15) is 0 Å². The molecule has 0 bridgehead atoms. The van der Waals surface area contributed by atoms with E-state index in [1.54, 1.807) is 0 Å². The molecule has 2 atom stereocenters. The normalized spacial score (nSPS) is 16.4. The fraction of sp³-hybridized carbons (Fsp3) is 0.0444. The molecule has 4 heterocycles. The summed E-state index contributed by atoms with van der Waals surface area (Å²) in [5, 5.41) is 14.0. The van der Waals surface area contributed by atoms with Gasteiger partial charge in [-0.25, -0.2) is 4.99 Å². The van der Waals surface area contributed by atoms with Crippen molar-refractivity contribution in [2.45, 2.75) is 12.3 Å². The van der Waals surface area contributed by atoms with E-state index in [9.17, 15) is 0 Å². The molecule has 0 amide bonds. The fourth-order valence-corrected chi connectivity index (χ4v) is 8.00. The molecule has 0 spiro atoms. The summed E-state index contributed by atoms with van der Waals surface area (Å²) >= 11 is 0. The number of benzene rings is 7. The SMILES string of the molecule is c1ccc(C2=NC(c3ccccc3)NC(c3cccc4c3oc3ccc5c6cccc(-n7c8ccccc8c8ccccc87)c6oc5c34)N2)cc1. The van der Waals surface area contributed by atoms with E-state index in [2.05, 4.69) is 149 Å². The zero-order chi connectivity index (χ0) is 33.5. The van der Waals surface area contributed by atoms with Crippen LogP contribution >= 0.6 is 0 Å². The van der Waals surface area contributed by atoms with Gasteiger partial charge in [-0.3, -0.25) is 5.32 Å². The number of nitrogens with one attached hydrogen (secondary N) is 2. The van der Waals surface area contributed by atoms with Crippen LogP contribution in [0.2, 0.25) is 0 Å². The molecule has 1 aliphatic heterocycles. The van der Waals surface area contributed by atoms with Crippen LogP contribution in [0.1, 0.15) is 29.0 Å². The summed E-state index contributed by atoms with van der Waals surface area (Å²) in [5.41, 5.74) is 9.71. The minimum Gasteiger partial charge on any atom is -0.455 e. The van der Waals surface area contributed by atoms with Crippen molar-refractivity contribution >= 4 is 71.5 Å². The third-order valence-electron chi connectivity index (χ3n) is 10.3. The topological polar surface area (TPSA) is 67.6 Å². The summed E-state index contributed by atoms with van der Waals surface area (Å²) < 4.78 is 16.1. The molecule has 3 aromatic heterocycles. The lowest BCUT2D eigenvalue weighted by atomic mass is 10.0. The van der Waals surface area contributed by atoms with Crippen LogP contribution in [0.15, 0.2) is 172 Å². The van der Waals surface area contributed by atoms with Crippen molar-refractivity contribution in [2.24, 2.45) is 4.99 Å². The first-order valence-corrected chi connectivity index (χ1v) is 17.3. The number of fused-ring (bicyclic) bond motifs is 10. The Hall–Kier alpha value is -6.63. The monoisotopic (exact) mass is 658 g/mol.